The van der Waals surface area contributed by atoms with E-state index in [1.54, 1.807) is 11.4 Å². The molecule has 2 aromatic rings. The van der Waals surface area contributed by atoms with Gasteiger partial charge in [-0.2, -0.15) is 0 Å². The van der Waals surface area contributed by atoms with Crippen LogP contribution in [0.25, 0.3) is 0 Å². The fourth-order valence-corrected chi connectivity index (χ4v) is 5.91. The number of thiazole rings is 1. The van der Waals surface area contributed by atoms with Crippen LogP contribution in [0.15, 0.2) is 16.3 Å². The predicted molar refractivity (Wildman–Crippen MR) is 86.6 cm³/mol. The minimum Gasteiger partial charge on any atom is -0.315 e. The highest BCUT2D eigenvalue weighted by Crippen LogP contribution is 2.31. The van der Waals surface area contributed by atoms with Gasteiger partial charge >= 0.3 is 0 Å². The Balaban J connectivity index is 1.80. The van der Waals surface area contributed by atoms with Gasteiger partial charge in [-0.25, -0.2) is 13.4 Å². The number of sulfonamides is 1. The molecule has 0 spiro atoms. The number of fused-ring (bicyclic) bond motifs is 1. The summed E-state index contributed by atoms with van der Waals surface area (Å²) in [7, 11) is -1.69. The number of anilines is 1. The molecular formula is C13H17N3O2S3. The number of rotatable bonds is 5. The van der Waals surface area contributed by atoms with Crippen molar-refractivity contribution >= 4 is 37.8 Å². The van der Waals surface area contributed by atoms with Gasteiger partial charge in [0.25, 0.3) is 10.0 Å². The molecule has 114 valence electrons. The van der Waals surface area contributed by atoms with E-state index >= 15 is 0 Å². The topological polar surface area (TPSA) is 71.1 Å². The maximum atomic E-state index is 12.4. The molecule has 2 heterocycles. The van der Waals surface area contributed by atoms with E-state index in [9.17, 15) is 8.42 Å². The monoisotopic (exact) mass is 343 g/mol. The van der Waals surface area contributed by atoms with Gasteiger partial charge in [0, 0.05) is 21.7 Å². The molecule has 1 aliphatic carbocycles. The number of aryl methyl sites for hydroxylation is 2. The molecule has 1 aliphatic rings. The second-order valence-corrected chi connectivity index (χ2v) is 8.74. The molecule has 2 aromatic heterocycles. The third kappa shape index (κ3) is 3.28. The summed E-state index contributed by atoms with van der Waals surface area (Å²) in [5.41, 5.74) is 1.06. The van der Waals surface area contributed by atoms with Gasteiger partial charge in [0.1, 0.15) is 0 Å². The maximum absolute atomic E-state index is 12.4. The first-order chi connectivity index (χ1) is 10.1. The van der Waals surface area contributed by atoms with Crippen molar-refractivity contribution in [2.45, 2.75) is 37.1 Å². The molecule has 0 bridgehead atoms. The van der Waals surface area contributed by atoms with E-state index in [-0.39, 0.29) is 0 Å². The zero-order valence-corrected chi connectivity index (χ0v) is 14.1. The first-order valence-electron chi connectivity index (χ1n) is 6.82. The van der Waals surface area contributed by atoms with Gasteiger partial charge in [-0.05, 0) is 38.8 Å². The highest BCUT2D eigenvalue weighted by Gasteiger charge is 2.21. The first kappa shape index (κ1) is 15.0. The fourth-order valence-electron chi connectivity index (χ4n) is 2.34. The van der Waals surface area contributed by atoms with Gasteiger partial charge < -0.3 is 5.32 Å². The van der Waals surface area contributed by atoms with Crippen LogP contribution in [0.3, 0.4) is 0 Å². The number of hydrogen-bond donors (Lipinski definition) is 2. The van der Waals surface area contributed by atoms with Crippen LogP contribution in [0.5, 0.6) is 0 Å². The summed E-state index contributed by atoms with van der Waals surface area (Å²) in [6.45, 7) is 0.672. The van der Waals surface area contributed by atoms with Crippen LogP contribution < -0.4 is 10.0 Å². The number of aromatic nitrogens is 1. The molecule has 0 atom stereocenters. The lowest BCUT2D eigenvalue weighted by Crippen LogP contribution is -2.12. The molecule has 0 aromatic carbocycles. The Bertz CT molecular complexity index is 710. The molecule has 8 heteroatoms. The highest BCUT2D eigenvalue weighted by molar-refractivity contribution is 7.93. The quantitative estimate of drug-likeness (QED) is 0.875. The Hall–Kier alpha value is -0.960. The molecule has 0 unspecified atom stereocenters. The summed E-state index contributed by atoms with van der Waals surface area (Å²) in [4.78, 5) is 6.95. The summed E-state index contributed by atoms with van der Waals surface area (Å²) < 4.78 is 27.4. The summed E-state index contributed by atoms with van der Waals surface area (Å²) in [5.74, 6) is 0. The van der Waals surface area contributed by atoms with Gasteiger partial charge in [0.05, 0.1) is 10.6 Å². The predicted octanol–water partition coefficient (Wildman–Crippen LogP) is 2.60. The van der Waals surface area contributed by atoms with Crippen LogP contribution in [0, 0.1) is 0 Å². The molecule has 5 nitrogen and oxygen atoms in total. The molecule has 0 fully saturated rings. The van der Waals surface area contributed by atoms with Crippen LogP contribution in [0.4, 0.5) is 5.13 Å². The van der Waals surface area contributed by atoms with E-state index in [4.69, 9.17) is 0 Å². The van der Waals surface area contributed by atoms with Gasteiger partial charge in [0.2, 0.25) is 0 Å². The smallest absolute Gasteiger partial charge is 0.264 e. The van der Waals surface area contributed by atoms with E-state index < -0.39 is 10.0 Å². The molecule has 2 N–H and O–H groups in total. The summed E-state index contributed by atoms with van der Waals surface area (Å²) in [6, 6.07) is 1.71. The molecule has 21 heavy (non-hydrogen) atoms. The number of thiophene rings is 1. The lowest BCUT2D eigenvalue weighted by Gasteiger charge is -2.06. The van der Waals surface area contributed by atoms with Gasteiger partial charge in [0.15, 0.2) is 5.13 Å². The number of nitrogens with zero attached hydrogens (tertiary/aromatic N) is 1. The zero-order valence-electron chi connectivity index (χ0n) is 11.7. The molecule has 3 rings (SSSR count). The van der Waals surface area contributed by atoms with Crippen LogP contribution in [0.1, 0.15) is 28.3 Å². The van der Waals surface area contributed by atoms with Crippen molar-refractivity contribution < 1.29 is 8.42 Å². The fraction of sp³-hybridized carbons (Fsp3) is 0.462. The lowest BCUT2D eigenvalue weighted by atomic mass is 10.0. The van der Waals surface area contributed by atoms with E-state index in [2.05, 4.69) is 15.0 Å². The van der Waals surface area contributed by atoms with E-state index in [0.717, 1.165) is 29.8 Å². The van der Waals surface area contributed by atoms with Crippen LogP contribution in [0.2, 0.25) is 0 Å². The van der Waals surface area contributed by atoms with Crippen molar-refractivity contribution in [2.24, 2.45) is 0 Å². The average molecular weight is 343 g/mol. The van der Waals surface area contributed by atoms with E-state index in [1.165, 1.54) is 34.0 Å². The third-order valence-corrected chi connectivity index (χ3v) is 6.96. The molecular weight excluding hydrogens is 326 g/mol. The van der Waals surface area contributed by atoms with Crippen LogP contribution in [-0.4, -0.2) is 20.4 Å². The van der Waals surface area contributed by atoms with Gasteiger partial charge in [-0.1, -0.05) is 0 Å². The molecule has 0 saturated heterocycles. The SMILES string of the molecule is CNCc1cc(S(=O)(=O)Nc2nc3c(s2)CCCC3)cs1. The molecule has 0 amide bonds. The average Bonchev–Trinajstić information content (AvgIpc) is 3.04. The molecule has 0 radical (unpaired) electrons. The second-order valence-electron chi connectivity index (χ2n) is 4.98. The van der Waals surface area contributed by atoms with E-state index in [1.807, 2.05) is 7.05 Å². The number of nitrogens with one attached hydrogen (secondary N) is 2. The van der Waals surface area contributed by atoms with Crippen molar-refractivity contribution in [1.82, 2.24) is 10.3 Å². The summed E-state index contributed by atoms with van der Waals surface area (Å²) >= 11 is 2.90. The van der Waals surface area contributed by atoms with Gasteiger partial charge in [-0.15, -0.1) is 22.7 Å². The Morgan fingerprint density at radius 3 is 2.90 bits per heavy atom. The minimum absolute atomic E-state index is 0.311. The first-order valence-corrected chi connectivity index (χ1v) is 10.00. The van der Waals surface area contributed by atoms with Crippen molar-refractivity contribution in [3.8, 4) is 0 Å². The summed E-state index contributed by atoms with van der Waals surface area (Å²) in [5, 5.41) is 5.17. The minimum atomic E-state index is -3.53. The van der Waals surface area contributed by atoms with Crippen molar-refractivity contribution in [3.63, 3.8) is 0 Å². The van der Waals surface area contributed by atoms with Crippen LogP contribution >= 0.6 is 22.7 Å². The Morgan fingerprint density at radius 2 is 2.14 bits per heavy atom. The number of hydrogen-bond acceptors (Lipinski definition) is 6. The maximum Gasteiger partial charge on any atom is 0.264 e. The largest absolute Gasteiger partial charge is 0.315 e. The van der Waals surface area contributed by atoms with Crippen LogP contribution in [-0.2, 0) is 29.4 Å². The highest BCUT2D eigenvalue weighted by atomic mass is 32.2. The Labute approximate surface area is 132 Å². The summed E-state index contributed by atoms with van der Waals surface area (Å²) in [6.07, 6.45) is 4.28. The third-order valence-electron chi connectivity index (χ3n) is 3.36. The van der Waals surface area contributed by atoms with Crippen molar-refractivity contribution in [1.29, 1.82) is 0 Å². The van der Waals surface area contributed by atoms with Gasteiger partial charge in [-0.3, -0.25) is 4.72 Å². The van der Waals surface area contributed by atoms with Crippen molar-refractivity contribution in [3.05, 3.63) is 26.9 Å². The zero-order chi connectivity index (χ0) is 14.9. The lowest BCUT2D eigenvalue weighted by molar-refractivity contribution is 0.601. The standard InChI is InChI=1S/C13H17N3O2S3/c1-14-7-9-6-10(8-19-9)21(17,18)16-13-15-11-4-2-3-5-12(11)20-13/h6,8,14H,2-5,7H2,1H3,(H,15,16). The van der Waals surface area contributed by atoms with Crippen molar-refractivity contribution in [2.75, 3.05) is 11.8 Å². The van der Waals surface area contributed by atoms with E-state index in [0.29, 0.717) is 16.6 Å². The Morgan fingerprint density at radius 1 is 1.33 bits per heavy atom. The molecule has 0 saturated carbocycles. The molecule has 0 aliphatic heterocycles. The Kier molecular flexibility index (Phi) is 4.30. The normalized spacial score (nSPS) is 14.9. The second kappa shape index (κ2) is 6.04.